The molecule has 4 aromatic rings. The minimum atomic E-state index is -4.95. The molecule has 222 valence electrons. The minimum absolute atomic E-state index is 0.183. The lowest BCUT2D eigenvalue weighted by atomic mass is 9.95. The minimum Gasteiger partial charge on any atom is -0.351 e. The van der Waals surface area contributed by atoms with Crippen molar-refractivity contribution in [2.75, 3.05) is 17.2 Å². The molecule has 6 nitrogen and oxygen atoms in total. The molecule has 0 spiro atoms. The first-order valence-electron chi connectivity index (χ1n) is 14.1. The maximum atomic E-state index is 13.3. The van der Waals surface area contributed by atoms with Gasteiger partial charge in [0.1, 0.15) is 11.4 Å². The standard InChI is InChI=1S/C35H30F3N5O/c36-35(37,38)32(40)20-31(42-29-10-4-6-24(18-29)21-39)34(44)43-30-11-5-9-28(19-30)33(41-22-23-12-13-23)27-16-14-26(15-17-27)25-7-2-1-3-8-25/h1-11,14-20,23,33,40-42H,12-13,22H2,(H,43,44)/b31-20-,40-32?. The lowest BCUT2D eigenvalue weighted by molar-refractivity contribution is -0.112. The molecular formula is C35H30F3N5O. The van der Waals surface area contributed by atoms with E-state index in [1.807, 2.05) is 30.3 Å². The van der Waals surface area contributed by atoms with Crippen LogP contribution in [-0.4, -0.2) is 24.3 Å². The Bertz CT molecular complexity index is 1710. The highest BCUT2D eigenvalue weighted by Gasteiger charge is 2.33. The summed E-state index contributed by atoms with van der Waals surface area (Å²) in [7, 11) is 0. The van der Waals surface area contributed by atoms with Crippen LogP contribution in [0.25, 0.3) is 11.1 Å². The van der Waals surface area contributed by atoms with Crippen LogP contribution in [0.3, 0.4) is 0 Å². The van der Waals surface area contributed by atoms with Gasteiger partial charge in [-0.1, -0.05) is 72.8 Å². The van der Waals surface area contributed by atoms with E-state index in [2.05, 4.69) is 52.3 Å². The van der Waals surface area contributed by atoms with E-state index in [1.54, 1.807) is 18.2 Å². The number of amides is 1. The van der Waals surface area contributed by atoms with Crippen LogP contribution < -0.4 is 16.0 Å². The maximum absolute atomic E-state index is 13.3. The van der Waals surface area contributed by atoms with Gasteiger partial charge in [-0.25, -0.2) is 0 Å². The molecular weight excluding hydrogens is 563 g/mol. The van der Waals surface area contributed by atoms with E-state index in [0.29, 0.717) is 17.7 Å². The fourth-order valence-corrected chi connectivity index (χ4v) is 4.73. The summed E-state index contributed by atoms with van der Waals surface area (Å²) in [4.78, 5) is 13.3. The van der Waals surface area contributed by atoms with E-state index in [-0.39, 0.29) is 17.3 Å². The molecule has 0 heterocycles. The number of carbonyl (C=O) groups excluding carboxylic acids is 1. The van der Waals surface area contributed by atoms with Crippen LogP contribution >= 0.6 is 0 Å². The van der Waals surface area contributed by atoms with Gasteiger partial charge in [-0.3, -0.25) is 10.2 Å². The van der Waals surface area contributed by atoms with Crippen molar-refractivity contribution < 1.29 is 18.0 Å². The number of hydrogen-bond acceptors (Lipinski definition) is 5. The number of alkyl halides is 3. The van der Waals surface area contributed by atoms with Gasteiger partial charge in [0.05, 0.1) is 17.7 Å². The summed E-state index contributed by atoms with van der Waals surface area (Å²) in [5.41, 5.74) is 2.80. The quantitative estimate of drug-likeness (QED) is 0.105. The predicted molar refractivity (Wildman–Crippen MR) is 166 cm³/mol. The molecule has 1 unspecified atom stereocenters. The predicted octanol–water partition coefficient (Wildman–Crippen LogP) is 7.83. The van der Waals surface area contributed by atoms with Crippen LogP contribution in [0.1, 0.15) is 35.6 Å². The third-order valence-electron chi connectivity index (χ3n) is 7.25. The molecule has 0 bridgehead atoms. The number of allylic oxidation sites excluding steroid dienone is 1. The first-order chi connectivity index (χ1) is 21.2. The second kappa shape index (κ2) is 13.4. The van der Waals surface area contributed by atoms with E-state index >= 15 is 0 Å². The third kappa shape index (κ3) is 8.00. The number of carbonyl (C=O) groups is 1. The molecule has 1 amide bonds. The number of benzene rings is 4. The van der Waals surface area contributed by atoms with Gasteiger partial charge in [-0.2, -0.15) is 18.4 Å². The number of hydrogen-bond donors (Lipinski definition) is 4. The van der Waals surface area contributed by atoms with E-state index in [9.17, 15) is 23.2 Å². The van der Waals surface area contributed by atoms with Gasteiger partial charge in [-0.15, -0.1) is 0 Å². The van der Waals surface area contributed by atoms with Crippen LogP contribution in [0.5, 0.6) is 0 Å². The molecule has 9 heteroatoms. The van der Waals surface area contributed by atoms with E-state index < -0.39 is 23.5 Å². The Morgan fingerprint density at radius 2 is 1.52 bits per heavy atom. The van der Waals surface area contributed by atoms with Crippen molar-refractivity contribution in [1.29, 1.82) is 10.7 Å². The highest BCUT2D eigenvalue weighted by molar-refractivity contribution is 6.11. The van der Waals surface area contributed by atoms with Gasteiger partial charge in [0.2, 0.25) is 0 Å². The van der Waals surface area contributed by atoms with Crippen LogP contribution in [0, 0.1) is 22.7 Å². The Balaban J connectivity index is 1.40. The topological polar surface area (TPSA) is 101 Å². The molecule has 5 rings (SSSR count). The number of rotatable bonds is 11. The van der Waals surface area contributed by atoms with Crippen molar-refractivity contribution in [3.8, 4) is 17.2 Å². The largest absolute Gasteiger partial charge is 0.432 e. The molecule has 1 aliphatic carbocycles. The van der Waals surface area contributed by atoms with E-state index in [4.69, 9.17) is 5.41 Å². The Hall–Kier alpha value is -5.20. The van der Waals surface area contributed by atoms with Crippen molar-refractivity contribution in [3.05, 3.63) is 132 Å². The molecule has 0 aromatic heterocycles. The van der Waals surface area contributed by atoms with Crippen molar-refractivity contribution in [3.63, 3.8) is 0 Å². The Labute approximate surface area is 253 Å². The van der Waals surface area contributed by atoms with Crippen molar-refractivity contribution in [2.45, 2.75) is 25.1 Å². The fraction of sp³-hybridized carbons (Fsp3) is 0.171. The van der Waals surface area contributed by atoms with Gasteiger partial charge in [0, 0.05) is 11.4 Å². The van der Waals surface area contributed by atoms with Gasteiger partial charge in [0.15, 0.2) is 0 Å². The zero-order chi connectivity index (χ0) is 31.1. The van der Waals surface area contributed by atoms with Gasteiger partial charge in [-0.05, 0) is 84.0 Å². The van der Waals surface area contributed by atoms with Gasteiger partial charge < -0.3 is 16.0 Å². The summed E-state index contributed by atoms with van der Waals surface area (Å²) in [6.07, 6.45) is -2.16. The molecule has 0 radical (unpaired) electrons. The van der Waals surface area contributed by atoms with Crippen LogP contribution in [0.15, 0.2) is 115 Å². The highest BCUT2D eigenvalue weighted by atomic mass is 19.4. The van der Waals surface area contributed by atoms with Crippen molar-refractivity contribution >= 4 is 23.0 Å². The maximum Gasteiger partial charge on any atom is 0.432 e. The van der Waals surface area contributed by atoms with E-state index in [0.717, 1.165) is 28.8 Å². The van der Waals surface area contributed by atoms with Gasteiger partial charge >= 0.3 is 6.18 Å². The zero-order valence-corrected chi connectivity index (χ0v) is 23.7. The molecule has 0 saturated heterocycles. The molecule has 1 fully saturated rings. The molecule has 4 aromatic carbocycles. The fourth-order valence-electron chi connectivity index (χ4n) is 4.73. The lowest BCUT2D eigenvalue weighted by Crippen LogP contribution is -2.26. The molecule has 1 atom stereocenters. The normalized spacial score (nSPS) is 13.9. The monoisotopic (exact) mass is 593 g/mol. The average molecular weight is 594 g/mol. The Morgan fingerprint density at radius 1 is 0.864 bits per heavy atom. The lowest BCUT2D eigenvalue weighted by Gasteiger charge is -2.21. The molecule has 1 aliphatic rings. The summed E-state index contributed by atoms with van der Waals surface area (Å²) in [5, 5.41) is 25.6. The summed E-state index contributed by atoms with van der Waals surface area (Å²) in [5.74, 6) is -0.251. The van der Waals surface area contributed by atoms with Crippen molar-refractivity contribution in [2.24, 2.45) is 5.92 Å². The number of nitrogens with one attached hydrogen (secondary N) is 4. The Morgan fingerprint density at radius 3 is 2.18 bits per heavy atom. The smallest absolute Gasteiger partial charge is 0.351 e. The number of nitriles is 1. The zero-order valence-electron chi connectivity index (χ0n) is 23.7. The Kier molecular flexibility index (Phi) is 9.22. The van der Waals surface area contributed by atoms with E-state index in [1.165, 1.54) is 37.1 Å². The average Bonchev–Trinajstić information content (AvgIpc) is 3.86. The van der Waals surface area contributed by atoms with Crippen LogP contribution in [0.2, 0.25) is 0 Å². The first-order valence-corrected chi connectivity index (χ1v) is 14.1. The second-order valence-corrected chi connectivity index (χ2v) is 10.6. The second-order valence-electron chi connectivity index (χ2n) is 10.6. The number of nitrogens with zero attached hydrogens (tertiary/aromatic N) is 1. The third-order valence-corrected chi connectivity index (χ3v) is 7.25. The first kappa shape index (κ1) is 30.3. The number of halogens is 3. The van der Waals surface area contributed by atoms with Crippen LogP contribution in [-0.2, 0) is 4.79 Å². The molecule has 0 aliphatic heterocycles. The highest BCUT2D eigenvalue weighted by Crippen LogP contribution is 2.32. The molecule has 1 saturated carbocycles. The SMILES string of the molecule is N#Cc1cccc(N/C(=C\C(=N)C(F)(F)F)C(=O)Nc2cccc(C(NCC3CC3)c3ccc(-c4ccccc4)cc3)c2)c1. The number of anilines is 2. The van der Waals surface area contributed by atoms with Crippen LogP contribution in [0.4, 0.5) is 24.5 Å². The molecule has 44 heavy (non-hydrogen) atoms. The summed E-state index contributed by atoms with van der Waals surface area (Å²) in [6, 6.07) is 33.3. The summed E-state index contributed by atoms with van der Waals surface area (Å²) < 4.78 is 39.7. The summed E-state index contributed by atoms with van der Waals surface area (Å²) >= 11 is 0. The molecule has 4 N–H and O–H groups in total. The van der Waals surface area contributed by atoms with Gasteiger partial charge in [0.25, 0.3) is 5.91 Å². The summed E-state index contributed by atoms with van der Waals surface area (Å²) in [6.45, 7) is 0.833. The van der Waals surface area contributed by atoms with Crippen molar-refractivity contribution in [1.82, 2.24) is 5.32 Å².